The Labute approximate surface area is 135 Å². The van der Waals surface area contributed by atoms with Crippen LogP contribution in [0.3, 0.4) is 0 Å². The van der Waals surface area contributed by atoms with E-state index in [1.165, 1.54) is 30.9 Å². The summed E-state index contributed by atoms with van der Waals surface area (Å²) in [6, 6.07) is 0.528. The average molecular weight is 319 g/mol. The van der Waals surface area contributed by atoms with Crippen molar-refractivity contribution in [3.8, 4) is 0 Å². The molecule has 0 bridgehead atoms. The Balaban J connectivity index is 2.15. The zero-order valence-corrected chi connectivity index (χ0v) is 14.4. The maximum Gasteiger partial charge on any atom is 0.332 e. The Kier molecular flexibility index (Phi) is 4.14. The van der Waals surface area contributed by atoms with Gasteiger partial charge >= 0.3 is 5.69 Å². The first-order valence-corrected chi connectivity index (χ1v) is 8.34. The fourth-order valence-electron chi connectivity index (χ4n) is 3.53. The van der Waals surface area contributed by atoms with Crippen LogP contribution in [0.1, 0.15) is 38.9 Å². The van der Waals surface area contributed by atoms with E-state index in [9.17, 15) is 9.59 Å². The maximum absolute atomic E-state index is 12.5. The van der Waals surface area contributed by atoms with Crippen molar-refractivity contribution >= 4 is 11.2 Å². The van der Waals surface area contributed by atoms with Crippen LogP contribution in [0.5, 0.6) is 0 Å². The van der Waals surface area contributed by atoms with Gasteiger partial charge in [0.2, 0.25) is 0 Å². The van der Waals surface area contributed by atoms with Gasteiger partial charge in [0, 0.05) is 26.7 Å². The molecule has 1 aliphatic heterocycles. The average Bonchev–Trinajstić information content (AvgIpc) is 2.91. The number of imidazole rings is 1. The first kappa shape index (κ1) is 16.0. The highest BCUT2D eigenvalue weighted by molar-refractivity contribution is 5.71. The highest BCUT2D eigenvalue weighted by atomic mass is 16.2. The molecule has 2 aromatic heterocycles. The summed E-state index contributed by atoms with van der Waals surface area (Å²) in [5.41, 5.74) is 0.410. The second kappa shape index (κ2) is 5.96. The van der Waals surface area contributed by atoms with Crippen molar-refractivity contribution < 1.29 is 0 Å². The second-order valence-corrected chi connectivity index (χ2v) is 6.47. The number of likely N-dealkylation sites (tertiary alicyclic amines) is 1. The number of hydrogen-bond acceptors (Lipinski definition) is 4. The minimum atomic E-state index is -0.332. The van der Waals surface area contributed by atoms with Crippen LogP contribution in [0.25, 0.3) is 11.2 Å². The largest absolute Gasteiger partial charge is 0.332 e. The van der Waals surface area contributed by atoms with Gasteiger partial charge in [0.15, 0.2) is 11.2 Å². The Morgan fingerprint density at radius 1 is 1.17 bits per heavy atom. The second-order valence-electron chi connectivity index (χ2n) is 6.47. The summed E-state index contributed by atoms with van der Waals surface area (Å²) in [5, 5.41) is 0. The van der Waals surface area contributed by atoms with E-state index < -0.39 is 0 Å². The zero-order chi connectivity index (χ0) is 16.7. The van der Waals surface area contributed by atoms with Crippen molar-refractivity contribution in [3.63, 3.8) is 0 Å². The van der Waals surface area contributed by atoms with Crippen LogP contribution in [0, 0.1) is 0 Å². The Morgan fingerprint density at radius 3 is 2.57 bits per heavy atom. The minimum Gasteiger partial charge on any atom is -0.321 e. The van der Waals surface area contributed by atoms with Gasteiger partial charge in [0.1, 0.15) is 5.82 Å². The lowest BCUT2D eigenvalue weighted by Gasteiger charge is -2.32. The molecule has 3 rings (SSSR count). The molecule has 0 N–H and O–H groups in total. The predicted molar refractivity (Wildman–Crippen MR) is 89.6 cm³/mol. The molecule has 23 heavy (non-hydrogen) atoms. The summed E-state index contributed by atoms with van der Waals surface area (Å²) in [7, 11) is 3.19. The molecule has 1 aliphatic rings. The van der Waals surface area contributed by atoms with Crippen molar-refractivity contribution in [3.05, 3.63) is 26.7 Å². The van der Waals surface area contributed by atoms with Gasteiger partial charge in [-0.2, -0.15) is 0 Å². The van der Waals surface area contributed by atoms with E-state index in [0.29, 0.717) is 23.8 Å². The lowest BCUT2D eigenvalue weighted by atomic mass is 10.0. The maximum atomic E-state index is 12.5. The normalized spacial score (nSPS) is 19.6. The molecule has 0 saturated carbocycles. The molecule has 0 radical (unpaired) electrons. The van der Waals surface area contributed by atoms with Crippen LogP contribution < -0.4 is 11.2 Å². The van der Waals surface area contributed by atoms with Gasteiger partial charge in [-0.1, -0.05) is 6.42 Å². The number of fused-ring (bicyclic) bond motifs is 1. The van der Waals surface area contributed by atoms with E-state index in [2.05, 4.69) is 16.8 Å². The topological polar surface area (TPSA) is 65.1 Å². The van der Waals surface area contributed by atoms with Crippen LogP contribution >= 0.6 is 0 Å². The molecular formula is C16H25N5O2. The third-order valence-electron chi connectivity index (χ3n) is 5.03. The van der Waals surface area contributed by atoms with Gasteiger partial charge in [-0.3, -0.25) is 18.8 Å². The Bertz CT molecular complexity index is 845. The molecular weight excluding hydrogens is 294 g/mol. The number of aromatic nitrogens is 4. The molecule has 0 amide bonds. The van der Waals surface area contributed by atoms with Gasteiger partial charge in [-0.15, -0.1) is 0 Å². The van der Waals surface area contributed by atoms with Crippen molar-refractivity contribution in [2.75, 3.05) is 6.54 Å². The van der Waals surface area contributed by atoms with Gasteiger partial charge in [0.25, 0.3) is 5.56 Å². The van der Waals surface area contributed by atoms with Crippen molar-refractivity contribution in [1.82, 2.24) is 23.6 Å². The lowest BCUT2D eigenvalue weighted by Crippen LogP contribution is -2.38. The Hall–Kier alpha value is -1.89. The summed E-state index contributed by atoms with van der Waals surface area (Å²) < 4.78 is 4.58. The van der Waals surface area contributed by atoms with Crippen molar-refractivity contribution in [2.45, 2.75) is 52.2 Å². The highest BCUT2D eigenvalue weighted by Crippen LogP contribution is 2.20. The van der Waals surface area contributed by atoms with Crippen LogP contribution in [0.4, 0.5) is 0 Å². The zero-order valence-electron chi connectivity index (χ0n) is 14.4. The molecule has 3 heterocycles. The van der Waals surface area contributed by atoms with Crippen LogP contribution in [-0.2, 0) is 27.2 Å². The molecule has 1 unspecified atom stereocenters. The van der Waals surface area contributed by atoms with Crippen LogP contribution in [0.2, 0.25) is 0 Å². The summed E-state index contributed by atoms with van der Waals surface area (Å²) >= 11 is 0. The lowest BCUT2D eigenvalue weighted by molar-refractivity contribution is 0.147. The Morgan fingerprint density at radius 2 is 1.91 bits per heavy atom. The predicted octanol–water partition coefficient (Wildman–Crippen LogP) is 0.828. The molecule has 1 fully saturated rings. The molecule has 0 aliphatic carbocycles. The number of piperidine rings is 1. The van der Waals surface area contributed by atoms with Gasteiger partial charge in [-0.05, 0) is 33.2 Å². The SMILES string of the molecule is CCn1c(CN2CCCCC2C)nc2c1c(=O)n(C)c(=O)n2C. The van der Waals surface area contributed by atoms with E-state index in [1.54, 1.807) is 7.05 Å². The number of rotatable bonds is 3. The van der Waals surface area contributed by atoms with Gasteiger partial charge < -0.3 is 4.57 Å². The smallest absolute Gasteiger partial charge is 0.321 e. The van der Waals surface area contributed by atoms with Crippen molar-refractivity contribution in [2.24, 2.45) is 14.1 Å². The molecule has 1 saturated heterocycles. The monoisotopic (exact) mass is 319 g/mol. The van der Waals surface area contributed by atoms with Crippen molar-refractivity contribution in [1.29, 1.82) is 0 Å². The summed E-state index contributed by atoms with van der Waals surface area (Å²) in [4.78, 5) is 31.7. The van der Waals surface area contributed by atoms with Crippen LogP contribution in [0.15, 0.2) is 9.59 Å². The fraction of sp³-hybridized carbons (Fsp3) is 0.688. The minimum absolute atomic E-state index is 0.268. The number of aryl methyl sites for hydroxylation is 2. The summed E-state index contributed by atoms with van der Waals surface area (Å²) in [6.07, 6.45) is 3.68. The summed E-state index contributed by atoms with van der Waals surface area (Å²) in [5.74, 6) is 0.870. The number of nitrogens with zero attached hydrogens (tertiary/aromatic N) is 5. The van der Waals surface area contributed by atoms with E-state index in [4.69, 9.17) is 0 Å². The van der Waals surface area contributed by atoms with Crippen LogP contribution in [-0.4, -0.2) is 36.2 Å². The van der Waals surface area contributed by atoms with E-state index in [1.807, 2.05) is 11.5 Å². The standard InChI is InChI=1S/C16H25N5O2/c1-5-21-12(10-20-9-7-6-8-11(20)2)17-14-13(21)15(22)19(4)16(23)18(14)3/h11H,5-10H2,1-4H3. The molecule has 1 atom stereocenters. The molecule has 2 aromatic rings. The fourth-order valence-corrected chi connectivity index (χ4v) is 3.53. The first-order valence-electron chi connectivity index (χ1n) is 8.34. The summed E-state index contributed by atoms with van der Waals surface area (Å²) in [6.45, 7) is 6.70. The molecule has 126 valence electrons. The van der Waals surface area contributed by atoms with Gasteiger partial charge in [-0.25, -0.2) is 9.78 Å². The molecule has 7 heteroatoms. The van der Waals surface area contributed by atoms with E-state index >= 15 is 0 Å². The highest BCUT2D eigenvalue weighted by Gasteiger charge is 2.23. The third kappa shape index (κ3) is 2.52. The van der Waals surface area contributed by atoms with Gasteiger partial charge in [0.05, 0.1) is 6.54 Å². The first-order chi connectivity index (χ1) is 11.0. The molecule has 7 nitrogen and oxygen atoms in total. The molecule has 0 aromatic carbocycles. The third-order valence-corrected chi connectivity index (χ3v) is 5.03. The molecule has 0 spiro atoms. The number of hydrogen-bond donors (Lipinski definition) is 0. The van der Waals surface area contributed by atoms with E-state index in [0.717, 1.165) is 23.5 Å². The quantitative estimate of drug-likeness (QED) is 0.840. The van der Waals surface area contributed by atoms with E-state index in [-0.39, 0.29) is 11.2 Å².